The van der Waals surface area contributed by atoms with Gasteiger partial charge in [-0.2, -0.15) is 0 Å². The average Bonchev–Trinajstić information content (AvgIpc) is 3.02. The molecule has 0 radical (unpaired) electrons. The van der Waals surface area contributed by atoms with Gasteiger partial charge in [-0.25, -0.2) is 0 Å². The molecule has 1 amide bonds. The van der Waals surface area contributed by atoms with E-state index in [1.807, 2.05) is 0 Å². The smallest absolute Gasteiger partial charge is 0.226 e. The molecule has 24 heavy (non-hydrogen) atoms. The van der Waals surface area contributed by atoms with Gasteiger partial charge < -0.3 is 10.2 Å². The maximum absolute atomic E-state index is 12.7. The van der Waals surface area contributed by atoms with E-state index in [0.717, 1.165) is 38.4 Å². The Morgan fingerprint density at radius 3 is 2.62 bits per heavy atom. The van der Waals surface area contributed by atoms with Crippen molar-refractivity contribution in [3.63, 3.8) is 0 Å². The van der Waals surface area contributed by atoms with Crippen LogP contribution >= 0.6 is 0 Å². The van der Waals surface area contributed by atoms with Gasteiger partial charge in [0, 0.05) is 25.7 Å². The molecule has 3 aliphatic rings. The van der Waals surface area contributed by atoms with Crippen LogP contribution in [0.25, 0.3) is 0 Å². The molecule has 0 bridgehead atoms. The molecule has 1 aliphatic carbocycles. The number of piperidine rings is 1. The first-order valence-corrected chi connectivity index (χ1v) is 9.65. The lowest BCUT2D eigenvalue weighted by atomic mass is 9.68. The quantitative estimate of drug-likeness (QED) is 0.926. The second kappa shape index (κ2) is 6.18. The van der Waals surface area contributed by atoms with Crippen molar-refractivity contribution >= 4 is 5.91 Å². The topological polar surface area (TPSA) is 32.3 Å². The van der Waals surface area contributed by atoms with Gasteiger partial charge in [0.15, 0.2) is 0 Å². The summed E-state index contributed by atoms with van der Waals surface area (Å²) in [6.45, 7) is 7.72. The third-order valence-electron chi connectivity index (χ3n) is 6.50. The van der Waals surface area contributed by atoms with Gasteiger partial charge in [0.1, 0.15) is 0 Å². The predicted molar refractivity (Wildman–Crippen MR) is 97.0 cm³/mol. The molecular formula is C21H30N2O. The number of nitrogens with one attached hydrogen (secondary N) is 1. The number of rotatable bonds is 3. The summed E-state index contributed by atoms with van der Waals surface area (Å²) in [7, 11) is 0. The molecule has 1 aromatic rings. The minimum atomic E-state index is 0.312. The van der Waals surface area contributed by atoms with Crippen LogP contribution in [-0.2, 0) is 24.1 Å². The molecule has 3 heteroatoms. The zero-order valence-electron chi connectivity index (χ0n) is 15.1. The lowest BCUT2D eigenvalue weighted by Gasteiger charge is -2.51. The van der Waals surface area contributed by atoms with Crippen molar-refractivity contribution in [2.24, 2.45) is 11.3 Å². The number of benzene rings is 1. The lowest BCUT2D eigenvalue weighted by molar-refractivity contribution is -0.132. The van der Waals surface area contributed by atoms with E-state index < -0.39 is 0 Å². The van der Waals surface area contributed by atoms with Gasteiger partial charge in [-0.15, -0.1) is 0 Å². The van der Waals surface area contributed by atoms with Crippen molar-refractivity contribution in [1.29, 1.82) is 0 Å². The zero-order chi connectivity index (χ0) is 16.7. The van der Waals surface area contributed by atoms with Crippen LogP contribution in [0.3, 0.4) is 0 Å². The van der Waals surface area contributed by atoms with Gasteiger partial charge >= 0.3 is 0 Å². The van der Waals surface area contributed by atoms with Gasteiger partial charge in [-0.05, 0) is 60.1 Å². The molecule has 2 heterocycles. The highest BCUT2D eigenvalue weighted by atomic mass is 16.2. The Hall–Kier alpha value is -1.35. The van der Waals surface area contributed by atoms with E-state index in [0.29, 0.717) is 23.8 Å². The van der Waals surface area contributed by atoms with Crippen molar-refractivity contribution in [3.05, 3.63) is 34.9 Å². The standard InChI is InChI=1S/C21H30N2O/c1-21(2)14-22-20(21)17-8-10-23(11-9-17)19(24)13-15-6-7-16-4-3-5-18(16)12-15/h6-7,12,17,20,22H,3-5,8-11,13-14H2,1-2H3. The van der Waals surface area contributed by atoms with Gasteiger partial charge in [0.2, 0.25) is 5.91 Å². The van der Waals surface area contributed by atoms with Crippen LogP contribution in [0.2, 0.25) is 0 Å². The number of likely N-dealkylation sites (tertiary alicyclic amines) is 1. The minimum Gasteiger partial charge on any atom is -0.342 e. The zero-order valence-corrected chi connectivity index (χ0v) is 15.1. The number of carbonyl (C=O) groups excluding carboxylic acids is 1. The van der Waals surface area contributed by atoms with Crippen molar-refractivity contribution < 1.29 is 4.79 Å². The van der Waals surface area contributed by atoms with E-state index in [1.165, 1.54) is 36.0 Å². The van der Waals surface area contributed by atoms with Crippen LogP contribution in [0.1, 0.15) is 49.8 Å². The molecule has 0 aromatic heterocycles. The minimum absolute atomic E-state index is 0.312. The highest BCUT2D eigenvalue weighted by molar-refractivity contribution is 5.79. The molecular weight excluding hydrogens is 296 g/mol. The van der Waals surface area contributed by atoms with E-state index in [2.05, 4.69) is 42.3 Å². The predicted octanol–water partition coefficient (Wildman–Crippen LogP) is 2.95. The van der Waals surface area contributed by atoms with Gasteiger partial charge in [0.25, 0.3) is 0 Å². The van der Waals surface area contributed by atoms with E-state index in [4.69, 9.17) is 0 Å². The molecule has 1 unspecified atom stereocenters. The molecule has 0 saturated carbocycles. The van der Waals surface area contributed by atoms with Crippen molar-refractivity contribution in [2.75, 3.05) is 19.6 Å². The number of amides is 1. The fourth-order valence-corrected chi connectivity index (χ4v) is 4.94. The third kappa shape index (κ3) is 2.99. The maximum atomic E-state index is 12.7. The summed E-state index contributed by atoms with van der Waals surface area (Å²) in [5.41, 5.74) is 4.59. The number of nitrogens with zero attached hydrogens (tertiary/aromatic N) is 1. The number of fused-ring (bicyclic) bond motifs is 1. The van der Waals surface area contributed by atoms with Crippen LogP contribution < -0.4 is 5.32 Å². The van der Waals surface area contributed by atoms with Crippen LogP contribution in [0, 0.1) is 11.3 Å². The molecule has 1 aromatic carbocycles. The molecule has 2 aliphatic heterocycles. The first kappa shape index (κ1) is 16.1. The Bertz CT molecular complexity index is 629. The SMILES string of the molecule is CC1(C)CNC1C1CCN(C(=O)Cc2ccc3c(c2)CCC3)CC1. The van der Waals surface area contributed by atoms with Crippen molar-refractivity contribution in [1.82, 2.24) is 10.2 Å². The summed E-state index contributed by atoms with van der Waals surface area (Å²) in [6, 6.07) is 7.32. The summed E-state index contributed by atoms with van der Waals surface area (Å²) in [4.78, 5) is 14.8. The second-order valence-electron chi connectivity index (χ2n) is 8.70. The highest BCUT2D eigenvalue weighted by Gasteiger charge is 2.43. The molecule has 3 nitrogen and oxygen atoms in total. The normalized spacial score (nSPS) is 26.1. The van der Waals surface area contributed by atoms with Crippen LogP contribution in [0.4, 0.5) is 0 Å². The first-order valence-electron chi connectivity index (χ1n) is 9.65. The summed E-state index contributed by atoms with van der Waals surface area (Å²) in [6.07, 6.45) is 6.54. The molecule has 1 atom stereocenters. The average molecular weight is 326 g/mol. The Morgan fingerprint density at radius 2 is 1.96 bits per heavy atom. The maximum Gasteiger partial charge on any atom is 0.226 e. The Morgan fingerprint density at radius 1 is 1.21 bits per heavy atom. The summed E-state index contributed by atoms with van der Waals surface area (Å²) in [5, 5.41) is 3.61. The summed E-state index contributed by atoms with van der Waals surface area (Å²) < 4.78 is 0. The monoisotopic (exact) mass is 326 g/mol. The van der Waals surface area contributed by atoms with Crippen molar-refractivity contribution in [2.45, 2.75) is 58.4 Å². The number of aryl methyl sites for hydroxylation is 2. The molecule has 0 spiro atoms. The molecule has 4 rings (SSSR count). The summed E-state index contributed by atoms with van der Waals surface area (Å²) in [5.74, 6) is 1.05. The van der Waals surface area contributed by atoms with Gasteiger partial charge in [-0.1, -0.05) is 32.0 Å². The Balaban J connectivity index is 1.32. The van der Waals surface area contributed by atoms with Crippen LogP contribution in [0.15, 0.2) is 18.2 Å². The number of hydrogen-bond acceptors (Lipinski definition) is 2. The van der Waals surface area contributed by atoms with E-state index in [9.17, 15) is 4.79 Å². The van der Waals surface area contributed by atoms with E-state index >= 15 is 0 Å². The molecule has 2 saturated heterocycles. The van der Waals surface area contributed by atoms with Gasteiger partial charge in [0.05, 0.1) is 6.42 Å². The Kier molecular flexibility index (Phi) is 4.16. The fourth-order valence-electron chi connectivity index (χ4n) is 4.94. The van der Waals surface area contributed by atoms with E-state index in [1.54, 1.807) is 0 Å². The van der Waals surface area contributed by atoms with Crippen molar-refractivity contribution in [3.8, 4) is 0 Å². The molecule has 130 valence electrons. The Labute approximate surface area is 145 Å². The highest BCUT2D eigenvalue weighted by Crippen LogP contribution is 2.37. The molecule has 1 N–H and O–H groups in total. The van der Waals surface area contributed by atoms with Crippen LogP contribution in [-0.4, -0.2) is 36.5 Å². The fraction of sp³-hybridized carbons (Fsp3) is 0.667. The van der Waals surface area contributed by atoms with Crippen LogP contribution in [0.5, 0.6) is 0 Å². The largest absolute Gasteiger partial charge is 0.342 e. The summed E-state index contributed by atoms with van der Waals surface area (Å²) >= 11 is 0. The van der Waals surface area contributed by atoms with E-state index in [-0.39, 0.29) is 0 Å². The van der Waals surface area contributed by atoms with Gasteiger partial charge in [-0.3, -0.25) is 4.79 Å². The number of carbonyl (C=O) groups is 1. The first-order chi connectivity index (χ1) is 11.5. The third-order valence-corrected chi connectivity index (χ3v) is 6.50. The lowest BCUT2D eigenvalue weighted by Crippen LogP contribution is -2.63. The second-order valence-corrected chi connectivity index (χ2v) is 8.70. The molecule has 2 fully saturated rings. The number of hydrogen-bond donors (Lipinski definition) is 1.